The first kappa shape index (κ1) is 20.5. The summed E-state index contributed by atoms with van der Waals surface area (Å²) in [7, 11) is 1.53. The lowest BCUT2D eigenvalue weighted by molar-refractivity contribution is 0.282. The Labute approximate surface area is 187 Å². The van der Waals surface area contributed by atoms with Crippen molar-refractivity contribution in [1.82, 2.24) is 4.98 Å². The summed E-state index contributed by atoms with van der Waals surface area (Å²) < 4.78 is 6.11. The van der Waals surface area contributed by atoms with E-state index in [1.54, 1.807) is 12.1 Å². The highest BCUT2D eigenvalue weighted by Gasteiger charge is 2.16. The molecule has 0 saturated heterocycles. The summed E-state index contributed by atoms with van der Waals surface area (Å²) in [6, 6.07) is 15.1. The van der Waals surface area contributed by atoms with Gasteiger partial charge in [-0.1, -0.05) is 47.5 Å². The third kappa shape index (κ3) is 3.81. The molecule has 0 radical (unpaired) electrons. The van der Waals surface area contributed by atoms with Crippen LogP contribution in [-0.2, 0) is 6.61 Å². The minimum absolute atomic E-state index is 0.000830. The molecule has 0 saturated carbocycles. The van der Waals surface area contributed by atoms with Gasteiger partial charge in [0.05, 0.1) is 50.9 Å². The Morgan fingerprint density at radius 1 is 1.17 bits per heavy atom. The summed E-state index contributed by atoms with van der Waals surface area (Å²) in [5.41, 5.74) is 4.21. The molecule has 8 heteroatoms. The van der Waals surface area contributed by atoms with E-state index in [4.69, 9.17) is 27.9 Å². The van der Waals surface area contributed by atoms with Crippen LogP contribution in [0.3, 0.4) is 0 Å². The van der Waals surface area contributed by atoms with Crippen molar-refractivity contribution in [2.24, 2.45) is 0 Å². The number of hydrogen-bond donors (Lipinski definition) is 2. The molecule has 0 amide bonds. The Balaban J connectivity index is 1.82. The summed E-state index contributed by atoms with van der Waals surface area (Å²) in [6.07, 6.45) is 1.54. The predicted molar refractivity (Wildman–Crippen MR) is 122 cm³/mol. The first-order chi connectivity index (χ1) is 14.5. The topological polar surface area (TPSA) is 78.2 Å². The maximum absolute atomic E-state index is 9.62. The molecule has 5 nitrogen and oxygen atoms in total. The molecule has 2 heterocycles. The van der Waals surface area contributed by atoms with Crippen LogP contribution < -0.4 is 10.1 Å². The minimum atomic E-state index is -0.000830. The Hall–Kier alpha value is -2.82. The van der Waals surface area contributed by atoms with Crippen LogP contribution >= 0.6 is 34.5 Å². The molecule has 2 aromatic carbocycles. The van der Waals surface area contributed by atoms with Crippen molar-refractivity contribution in [1.29, 1.82) is 5.26 Å². The number of thiophene rings is 1. The molecule has 0 atom stereocenters. The van der Waals surface area contributed by atoms with Crippen LogP contribution in [0.15, 0.2) is 48.7 Å². The molecule has 150 valence electrons. The molecule has 4 rings (SSSR count). The number of anilines is 2. The van der Waals surface area contributed by atoms with Crippen LogP contribution in [0.5, 0.6) is 5.75 Å². The van der Waals surface area contributed by atoms with Crippen molar-refractivity contribution in [3.8, 4) is 22.3 Å². The van der Waals surface area contributed by atoms with Crippen LogP contribution in [0.25, 0.3) is 20.7 Å². The van der Waals surface area contributed by atoms with Crippen molar-refractivity contribution < 1.29 is 9.84 Å². The van der Waals surface area contributed by atoms with Gasteiger partial charge in [0.25, 0.3) is 0 Å². The number of nitrogens with zero attached hydrogens (tertiary/aromatic N) is 2. The normalized spacial score (nSPS) is 10.8. The number of pyridine rings is 1. The zero-order valence-electron chi connectivity index (χ0n) is 15.7. The molecule has 0 spiro atoms. The number of rotatable bonds is 5. The number of fused-ring (bicyclic) bond motifs is 1. The highest BCUT2D eigenvalue weighted by Crippen LogP contribution is 2.41. The number of aliphatic hydroxyl groups excluding tert-OH is 1. The van der Waals surface area contributed by atoms with Crippen molar-refractivity contribution in [2.45, 2.75) is 6.61 Å². The second-order valence-electron chi connectivity index (χ2n) is 6.43. The van der Waals surface area contributed by atoms with E-state index in [1.165, 1.54) is 24.6 Å². The van der Waals surface area contributed by atoms with E-state index in [9.17, 15) is 10.4 Å². The third-order valence-electron chi connectivity index (χ3n) is 4.58. The fourth-order valence-corrected chi connectivity index (χ4v) is 4.65. The van der Waals surface area contributed by atoms with Crippen LogP contribution in [0.1, 0.15) is 11.1 Å². The van der Waals surface area contributed by atoms with Crippen molar-refractivity contribution >= 4 is 56.1 Å². The number of aromatic nitrogens is 1. The molecule has 2 aromatic heterocycles. The maximum Gasteiger partial charge on any atom is 0.139 e. The average Bonchev–Trinajstić information content (AvgIpc) is 3.20. The molecule has 30 heavy (non-hydrogen) atoms. The minimum Gasteiger partial charge on any atom is -0.495 e. The number of ether oxygens (including phenoxy) is 1. The van der Waals surface area contributed by atoms with E-state index < -0.39 is 0 Å². The van der Waals surface area contributed by atoms with E-state index in [-0.39, 0.29) is 6.61 Å². The van der Waals surface area contributed by atoms with Crippen molar-refractivity contribution in [3.05, 3.63) is 69.8 Å². The number of hydrogen-bond acceptors (Lipinski definition) is 6. The molecule has 0 unspecified atom stereocenters. The lowest BCUT2D eigenvalue weighted by Gasteiger charge is -2.13. The zero-order valence-corrected chi connectivity index (χ0v) is 18.1. The molecular formula is C22H15Cl2N3O2S. The number of benzene rings is 2. The quantitative estimate of drug-likeness (QED) is 0.364. The standard InChI is InChI=1S/C22H15Cl2N3O2S/c1-29-19-7-17(15(23)6-16(19)24)27-21-14(9-25)10-26-18-8-20(30-22(18)21)13-4-2-12(11-28)3-5-13/h2-8,10,28H,11H2,1H3,(H,26,27). The second-order valence-corrected chi connectivity index (χ2v) is 8.30. The fraction of sp³-hybridized carbons (Fsp3) is 0.0909. The summed E-state index contributed by atoms with van der Waals surface area (Å²) in [4.78, 5) is 5.43. The molecule has 2 N–H and O–H groups in total. The summed E-state index contributed by atoms with van der Waals surface area (Å²) in [5.74, 6) is 0.475. The van der Waals surface area contributed by atoms with Gasteiger partial charge in [-0.2, -0.15) is 5.26 Å². The summed E-state index contributed by atoms with van der Waals surface area (Å²) in [6.45, 7) is -0.000830. The lowest BCUT2D eigenvalue weighted by Crippen LogP contribution is -1.97. The Kier molecular flexibility index (Phi) is 5.80. The Morgan fingerprint density at radius 2 is 1.93 bits per heavy atom. The van der Waals surface area contributed by atoms with Gasteiger partial charge in [-0.15, -0.1) is 11.3 Å². The van der Waals surface area contributed by atoms with Crippen molar-refractivity contribution in [3.63, 3.8) is 0 Å². The summed E-state index contributed by atoms with van der Waals surface area (Å²) in [5, 5.41) is 22.9. The number of nitrogens with one attached hydrogen (secondary N) is 1. The summed E-state index contributed by atoms with van der Waals surface area (Å²) >= 11 is 14.0. The Morgan fingerprint density at radius 3 is 2.60 bits per heavy atom. The molecule has 4 aromatic rings. The highest BCUT2D eigenvalue weighted by molar-refractivity contribution is 7.22. The number of halogens is 2. The SMILES string of the molecule is COc1cc(Nc2c(C#N)cnc3cc(-c4ccc(CO)cc4)sc23)c(Cl)cc1Cl. The highest BCUT2D eigenvalue weighted by atomic mass is 35.5. The number of aliphatic hydroxyl groups is 1. The van der Waals surface area contributed by atoms with E-state index in [2.05, 4.69) is 16.4 Å². The third-order valence-corrected chi connectivity index (χ3v) is 6.38. The Bertz CT molecular complexity index is 1280. The van der Waals surface area contributed by atoms with E-state index in [0.29, 0.717) is 32.7 Å². The van der Waals surface area contributed by atoms with E-state index in [0.717, 1.165) is 26.2 Å². The van der Waals surface area contributed by atoms with Gasteiger partial charge < -0.3 is 15.2 Å². The van der Waals surface area contributed by atoms with Crippen LogP contribution in [0.2, 0.25) is 10.0 Å². The maximum atomic E-state index is 9.62. The van der Waals surface area contributed by atoms with E-state index >= 15 is 0 Å². The monoisotopic (exact) mass is 455 g/mol. The first-order valence-corrected chi connectivity index (χ1v) is 10.4. The van der Waals surface area contributed by atoms with Gasteiger partial charge >= 0.3 is 0 Å². The predicted octanol–water partition coefficient (Wildman–Crippen LogP) is 6.39. The van der Waals surface area contributed by atoms with Crippen LogP contribution in [0, 0.1) is 11.3 Å². The number of methoxy groups -OCH3 is 1. The second kappa shape index (κ2) is 8.50. The fourth-order valence-electron chi connectivity index (χ4n) is 3.02. The zero-order chi connectivity index (χ0) is 21.3. The van der Waals surface area contributed by atoms with Gasteiger partial charge in [0.1, 0.15) is 11.8 Å². The van der Waals surface area contributed by atoms with E-state index in [1.807, 2.05) is 30.3 Å². The molecule has 0 bridgehead atoms. The lowest BCUT2D eigenvalue weighted by atomic mass is 10.1. The molecule has 0 aliphatic carbocycles. The van der Waals surface area contributed by atoms with Crippen molar-refractivity contribution in [2.75, 3.05) is 12.4 Å². The number of nitriles is 1. The van der Waals surface area contributed by atoms with Gasteiger partial charge in [-0.05, 0) is 23.3 Å². The van der Waals surface area contributed by atoms with Gasteiger partial charge in [-0.3, -0.25) is 4.98 Å². The van der Waals surface area contributed by atoms with Gasteiger partial charge in [-0.25, -0.2) is 0 Å². The molecule has 0 aliphatic heterocycles. The first-order valence-electron chi connectivity index (χ1n) is 8.87. The largest absolute Gasteiger partial charge is 0.495 e. The molecule has 0 aliphatic rings. The van der Waals surface area contributed by atoms with Crippen LogP contribution in [0.4, 0.5) is 11.4 Å². The van der Waals surface area contributed by atoms with Gasteiger partial charge in [0.2, 0.25) is 0 Å². The smallest absolute Gasteiger partial charge is 0.139 e. The van der Waals surface area contributed by atoms with Gasteiger partial charge in [0, 0.05) is 17.1 Å². The average molecular weight is 456 g/mol. The van der Waals surface area contributed by atoms with Crippen LogP contribution in [-0.4, -0.2) is 17.2 Å². The molecular weight excluding hydrogens is 441 g/mol. The van der Waals surface area contributed by atoms with Gasteiger partial charge in [0.15, 0.2) is 0 Å². The molecule has 0 fully saturated rings.